The summed E-state index contributed by atoms with van der Waals surface area (Å²) >= 11 is 1.44. The molecule has 1 aromatic heterocycles. The summed E-state index contributed by atoms with van der Waals surface area (Å²) in [5, 5.41) is 4.45. The van der Waals surface area contributed by atoms with Gasteiger partial charge < -0.3 is 10.2 Å². The molecule has 0 bridgehead atoms. The number of carbonyl (C=O) groups is 2. The van der Waals surface area contributed by atoms with Crippen LogP contribution >= 0.6 is 11.3 Å². The number of sulfone groups is 1. The summed E-state index contributed by atoms with van der Waals surface area (Å²) in [5.41, 5.74) is 1.53. The lowest BCUT2D eigenvalue weighted by Crippen LogP contribution is -2.46. The quantitative estimate of drug-likeness (QED) is 0.529. The number of aryl methyl sites for hydroxylation is 1. The number of nitrogens with one attached hydrogen (secondary N) is 1. The largest absolute Gasteiger partial charge is 0.323 e. The number of rotatable bonds is 5. The number of carbonyl (C=O) groups excluding carboxylic acids is 2. The second-order valence-corrected chi connectivity index (χ2v) is 11.1. The molecule has 0 spiro atoms. The Bertz CT molecular complexity index is 1290. The van der Waals surface area contributed by atoms with Gasteiger partial charge in [0.1, 0.15) is 5.82 Å². The fraction of sp³-hybridized carbons (Fsp3) is 0.250. The molecule has 2 heterocycles. The number of thiophene rings is 1. The first-order valence-electron chi connectivity index (χ1n) is 10.4. The minimum absolute atomic E-state index is 0.0888. The fourth-order valence-corrected chi connectivity index (χ4v) is 5.55. The van der Waals surface area contributed by atoms with Crippen LogP contribution in [0.25, 0.3) is 0 Å². The van der Waals surface area contributed by atoms with Crippen molar-refractivity contribution in [2.45, 2.75) is 30.7 Å². The normalized spacial score (nSPS) is 18.9. The number of amides is 2. The molecule has 0 radical (unpaired) electrons. The van der Waals surface area contributed by atoms with Crippen molar-refractivity contribution in [2.24, 2.45) is 5.92 Å². The van der Waals surface area contributed by atoms with Gasteiger partial charge in [-0.25, -0.2) is 12.8 Å². The molecule has 0 aliphatic carbocycles. The number of benzene rings is 2. The van der Waals surface area contributed by atoms with Crippen molar-refractivity contribution in [3.8, 4) is 0 Å². The van der Waals surface area contributed by atoms with Crippen molar-refractivity contribution in [3.05, 3.63) is 76.2 Å². The molecule has 3 aromatic rings. The van der Waals surface area contributed by atoms with E-state index >= 15 is 0 Å². The Hall–Kier alpha value is -3.04. The molecule has 9 heteroatoms. The number of halogens is 1. The van der Waals surface area contributed by atoms with E-state index in [9.17, 15) is 22.4 Å². The summed E-state index contributed by atoms with van der Waals surface area (Å²) < 4.78 is 38.2. The standard InChI is InChI=1S/C24H23FN2O4S2/c1-15-5-7-16(8-6-15)27-22(28)12-10-18(23(27)21-4-3-13-32-21)24(29)26-20-14-17(33(2,30)31)9-11-19(20)25/h3-9,11,13-14,18,23H,10,12H2,1-2H3,(H,26,29). The van der Waals surface area contributed by atoms with E-state index in [0.29, 0.717) is 12.1 Å². The van der Waals surface area contributed by atoms with Crippen LogP contribution in [0.2, 0.25) is 0 Å². The number of piperidine rings is 1. The number of anilines is 2. The van der Waals surface area contributed by atoms with Crippen molar-refractivity contribution in [1.82, 2.24) is 0 Å². The number of hydrogen-bond donors (Lipinski definition) is 1. The van der Waals surface area contributed by atoms with E-state index in [4.69, 9.17) is 0 Å². The molecule has 1 aliphatic rings. The van der Waals surface area contributed by atoms with Crippen molar-refractivity contribution >= 4 is 44.4 Å². The Morgan fingerprint density at radius 3 is 2.52 bits per heavy atom. The van der Waals surface area contributed by atoms with Crippen LogP contribution in [-0.4, -0.2) is 26.5 Å². The topological polar surface area (TPSA) is 83.6 Å². The molecular formula is C24H23FN2O4S2. The second kappa shape index (κ2) is 9.07. The van der Waals surface area contributed by atoms with Crippen LogP contribution in [0.15, 0.2) is 64.9 Å². The molecule has 1 fully saturated rings. The maximum Gasteiger partial charge on any atom is 0.230 e. The lowest BCUT2D eigenvalue weighted by molar-refractivity contribution is -0.125. The average molecular weight is 487 g/mol. The zero-order valence-electron chi connectivity index (χ0n) is 18.1. The van der Waals surface area contributed by atoms with Crippen molar-refractivity contribution in [2.75, 3.05) is 16.5 Å². The fourth-order valence-electron chi connectivity index (χ4n) is 4.02. The lowest BCUT2D eigenvalue weighted by atomic mass is 9.86. The predicted octanol–water partition coefficient (Wildman–Crippen LogP) is 4.72. The van der Waals surface area contributed by atoms with Gasteiger partial charge in [0.15, 0.2) is 9.84 Å². The lowest BCUT2D eigenvalue weighted by Gasteiger charge is -2.40. The highest BCUT2D eigenvalue weighted by Gasteiger charge is 2.42. The molecule has 2 amide bonds. The van der Waals surface area contributed by atoms with Gasteiger partial charge in [-0.1, -0.05) is 23.8 Å². The molecule has 33 heavy (non-hydrogen) atoms. The molecule has 6 nitrogen and oxygen atoms in total. The number of nitrogens with zero attached hydrogens (tertiary/aromatic N) is 1. The first-order chi connectivity index (χ1) is 15.6. The van der Waals surface area contributed by atoms with E-state index in [1.165, 1.54) is 11.3 Å². The van der Waals surface area contributed by atoms with Gasteiger partial charge >= 0.3 is 0 Å². The van der Waals surface area contributed by atoms with Crippen LogP contribution in [0.1, 0.15) is 29.3 Å². The van der Waals surface area contributed by atoms with Gasteiger partial charge in [-0.05, 0) is 55.1 Å². The summed E-state index contributed by atoms with van der Waals surface area (Å²) in [6, 6.07) is 14.0. The van der Waals surface area contributed by atoms with E-state index in [1.54, 1.807) is 4.90 Å². The Labute approximate surface area is 196 Å². The molecule has 1 N–H and O–H groups in total. The molecule has 172 valence electrons. The highest BCUT2D eigenvalue weighted by Crippen LogP contribution is 2.42. The highest BCUT2D eigenvalue weighted by atomic mass is 32.2. The van der Waals surface area contributed by atoms with Crippen molar-refractivity contribution < 1.29 is 22.4 Å². The van der Waals surface area contributed by atoms with Gasteiger partial charge in [0.05, 0.1) is 22.5 Å². The molecule has 2 atom stereocenters. The van der Waals surface area contributed by atoms with Gasteiger partial charge in [0, 0.05) is 23.2 Å². The van der Waals surface area contributed by atoms with Crippen LogP contribution in [0.4, 0.5) is 15.8 Å². The molecule has 2 aromatic carbocycles. The Kier molecular flexibility index (Phi) is 6.36. The maximum atomic E-state index is 14.4. The van der Waals surface area contributed by atoms with E-state index in [2.05, 4.69) is 5.32 Å². The molecule has 1 saturated heterocycles. The molecular weight excluding hydrogens is 463 g/mol. The van der Waals surface area contributed by atoms with Crippen LogP contribution in [0, 0.1) is 18.7 Å². The van der Waals surface area contributed by atoms with E-state index in [1.807, 2.05) is 48.7 Å². The van der Waals surface area contributed by atoms with E-state index < -0.39 is 33.5 Å². The van der Waals surface area contributed by atoms with Crippen molar-refractivity contribution in [1.29, 1.82) is 0 Å². The van der Waals surface area contributed by atoms with Crippen molar-refractivity contribution in [3.63, 3.8) is 0 Å². The first kappa shape index (κ1) is 23.1. The highest BCUT2D eigenvalue weighted by molar-refractivity contribution is 7.90. The minimum atomic E-state index is -3.57. The van der Waals surface area contributed by atoms with Crippen LogP contribution in [0.5, 0.6) is 0 Å². The van der Waals surface area contributed by atoms with Gasteiger partial charge in [-0.2, -0.15) is 0 Å². The van der Waals surface area contributed by atoms with E-state index in [0.717, 1.165) is 34.9 Å². The monoisotopic (exact) mass is 486 g/mol. The Morgan fingerprint density at radius 2 is 1.88 bits per heavy atom. The third-order valence-corrected chi connectivity index (χ3v) is 7.76. The maximum absolute atomic E-state index is 14.4. The smallest absolute Gasteiger partial charge is 0.230 e. The van der Waals surface area contributed by atoms with Gasteiger partial charge in [-0.15, -0.1) is 11.3 Å². The number of hydrogen-bond acceptors (Lipinski definition) is 5. The SMILES string of the molecule is Cc1ccc(N2C(=O)CCC(C(=O)Nc3cc(S(C)(=O)=O)ccc3F)C2c2cccs2)cc1. The summed E-state index contributed by atoms with van der Waals surface area (Å²) in [6.07, 6.45) is 1.48. The molecule has 1 aliphatic heterocycles. The average Bonchev–Trinajstić information content (AvgIpc) is 3.29. The summed E-state index contributed by atoms with van der Waals surface area (Å²) in [4.78, 5) is 28.8. The molecule has 4 rings (SSSR count). The van der Waals surface area contributed by atoms with E-state index in [-0.39, 0.29) is 22.9 Å². The summed E-state index contributed by atoms with van der Waals surface area (Å²) in [6.45, 7) is 1.95. The first-order valence-corrected chi connectivity index (χ1v) is 13.1. The second-order valence-electron chi connectivity index (χ2n) is 8.11. The predicted molar refractivity (Wildman–Crippen MR) is 127 cm³/mol. The summed E-state index contributed by atoms with van der Waals surface area (Å²) in [5.74, 6) is -1.94. The molecule has 2 unspecified atom stereocenters. The Morgan fingerprint density at radius 1 is 1.15 bits per heavy atom. The zero-order chi connectivity index (χ0) is 23.8. The third kappa shape index (κ3) is 4.84. The van der Waals surface area contributed by atoms with Gasteiger partial charge in [0.25, 0.3) is 0 Å². The summed E-state index contributed by atoms with van der Waals surface area (Å²) in [7, 11) is -3.57. The van der Waals surface area contributed by atoms with Crippen LogP contribution < -0.4 is 10.2 Å². The minimum Gasteiger partial charge on any atom is -0.323 e. The third-order valence-electron chi connectivity index (χ3n) is 5.70. The zero-order valence-corrected chi connectivity index (χ0v) is 19.8. The van der Waals surface area contributed by atoms with Gasteiger partial charge in [-0.3, -0.25) is 9.59 Å². The van der Waals surface area contributed by atoms with Crippen LogP contribution in [0.3, 0.4) is 0 Å². The van der Waals surface area contributed by atoms with Crippen LogP contribution in [-0.2, 0) is 19.4 Å². The van der Waals surface area contributed by atoms with Gasteiger partial charge in [0.2, 0.25) is 11.8 Å². The Balaban J connectivity index is 1.71. The molecule has 0 saturated carbocycles.